The number of pyridine rings is 1. The Bertz CT molecular complexity index is 680. The summed E-state index contributed by atoms with van der Waals surface area (Å²) in [6, 6.07) is 6.38. The molecule has 0 spiro atoms. The third kappa shape index (κ3) is 3.47. The van der Waals surface area contributed by atoms with Crippen LogP contribution in [0.2, 0.25) is 0 Å². The van der Waals surface area contributed by atoms with Gasteiger partial charge in [-0.05, 0) is 38.1 Å². The Labute approximate surface area is 122 Å². The molecule has 2 amide bonds. The second-order valence-corrected chi connectivity index (χ2v) is 4.88. The van der Waals surface area contributed by atoms with Gasteiger partial charge in [-0.25, -0.2) is 9.59 Å². The lowest BCUT2D eigenvalue weighted by molar-refractivity contribution is 0.211. The van der Waals surface area contributed by atoms with Crippen molar-refractivity contribution in [2.24, 2.45) is 0 Å². The predicted octanol–water partition coefficient (Wildman–Crippen LogP) is 2.57. The zero-order chi connectivity index (χ0) is 15.4. The van der Waals surface area contributed by atoms with Gasteiger partial charge in [0, 0.05) is 31.0 Å². The van der Waals surface area contributed by atoms with Crippen LogP contribution in [0.15, 0.2) is 45.9 Å². The highest BCUT2D eigenvalue weighted by Crippen LogP contribution is 2.17. The van der Waals surface area contributed by atoms with E-state index in [0.717, 1.165) is 0 Å². The maximum atomic E-state index is 11.9. The fourth-order valence-corrected chi connectivity index (χ4v) is 1.61. The lowest BCUT2D eigenvalue weighted by Gasteiger charge is -2.21. The quantitative estimate of drug-likeness (QED) is 0.941. The van der Waals surface area contributed by atoms with Crippen molar-refractivity contribution in [3.8, 4) is 11.3 Å². The van der Waals surface area contributed by atoms with Crippen LogP contribution in [0.5, 0.6) is 0 Å². The molecule has 0 aromatic carbocycles. The van der Waals surface area contributed by atoms with E-state index in [4.69, 9.17) is 4.42 Å². The standard InChI is InChI=1S/C15H17N3O3/c1-10(2)18(3)15(20)17-12-6-7-13(21-14(12)19)11-5-4-8-16-9-11/h4-10H,1-3H3,(H,17,20). The van der Waals surface area contributed by atoms with Crippen LogP contribution in [0.3, 0.4) is 0 Å². The summed E-state index contributed by atoms with van der Waals surface area (Å²) < 4.78 is 5.21. The SMILES string of the molecule is CC(C)N(C)C(=O)Nc1ccc(-c2cccnc2)oc1=O. The van der Waals surface area contributed by atoms with Crippen LogP contribution in [-0.2, 0) is 0 Å². The first-order valence-corrected chi connectivity index (χ1v) is 6.57. The Balaban J connectivity index is 2.21. The molecule has 2 aromatic heterocycles. The molecule has 21 heavy (non-hydrogen) atoms. The molecule has 6 heteroatoms. The summed E-state index contributed by atoms with van der Waals surface area (Å²) in [7, 11) is 1.66. The molecule has 0 aliphatic heterocycles. The van der Waals surface area contributed by atoms with E-state index in [9.17, 15) is 9.59 Å². The monoisotopic (exact) mass is 287 g/mol. The number of hydrogen-bond donors (Lipinski definition) is 1. The third-order valence-corrected chi connectivity index (χ3v) is 3.11. The van der Waals surface area contributed by atoms with E-state index in [1.165, 1.54) is 11.0 Å². The lowest BCUT2D eigenvalue weighted by Crippen LogP contribution is -2.37. The van der Waals surface area contributed by atoms with Crippen molar-refractivity contribution in [3.05, 3.63) is 47.1 Å². The highest BCUT2D eigenvalue weighted by atomic mass is 16.4. The number of hydrogen-bond acceptors (Lipinski definition) is 4. The smallest absolute Gasteiger partial charge is 0.360 e. The molecule has 6 nitrogen and oxygen atoms in total. The first-order chi connectivity index (χ1) is 9.99. The van der Waals surface area contributed by atoms with Gasteiger partial charge in [-0.15, -0.1) is 0 Å². The number of amides is 2. The van der Waals surface area contributed by atoms with Crippen molar-refractivity contribution in [3.63, 3.8) is 0 Å². The van der Waals surface area contributed by atoms with Gasteiger partial charge in [-0.3, -0.25) is 4.98 Å². The van der Waals surface area contributed by atoms with Crippen molar-refractivity contribution in [2.75, 3.05) is 12.4 Å². The summed E-state index contributed by atoms with van der Waals surface area (Å²) in [5.74, 6) is 0.406. The number of carbonyl (C=O) groups is 1. The Morgan fingerprint density at radius 2 is 2.10 bits per heavy atom. The Morgan fingerprint density at radius 3 is 2.67 bits per heavy atom. The zero-order valence-electron chi connectivity index (χ0n) is 12.2. The summed E-state index contributed by atoms with van der Waals surface area (Å²) in [6.45, 7) is 3.77. The molecule has 0 unspecified atom stereocenters. The van der Waals surface area contributed by atoms with Crippen LogP contribution >= 0.6 is 0 Å². The summed E-state index contributed by atoms with van der Waals surface area (Å²) in [6.07, 6.45) is 3.24. The van der Waals surface area contributed by atoms with Gasteiger partial charge in [0.05, 0.1) is 0 Å². The molecule has 0 aliphatic carbocycles. The van der Waals surface area contributed by atoms with E-state index in [0.29, 0.717) is 11.3 Å². The van der Waals surface area contributed by atoms with Gasteiger partial charge in [-0.1, -0.05) is 0 Å². The summed E-state index contributed by atoms with van der Waals surface area (Å²) >= 11 is 0. The average molecular weight is 287 g/mol. The molecule has 1 N–H and O–H groups in total. The molecule has 0 fully saturated rings. The van der Waals surface area contributed by atoms with Crippen LogP contribution < -0.4 is 10.9 Å². The molecular formula is C15H17N3O3. The van der Waals surface area contributed by atoms with Gasteiger partial charge in [0.1, 0.15) is 11.4 Å². The van der Waals surface area contributed by atoms with Gasteiger partial charge in [0.15, 0.2) is 0 Å². The van der Waals surface area contributed by atoms with Crippen molar-refractivity contribution < 1.29 is 9.21 Å². The molecule has 2 heterocycles. The summed E-state index contributed by atoms with van der Waals surface area (Å²) in [5, 5.41) is 2.54. The van der Waals surface area contributed by atoms with Crippen LogP contribution in [0, 0.1) is 0 Å². The third-order valence-electron chi connectivity index (χ3n) is 3.11. The molecule has 110 valence electrons. The molecular weight excluding hydrogens is 270 g/mol. The van der Waals surface area contributed by atoms with Crippen molar-refractivity contribution in [2.45, 2.75) is 19.9 Å². The molecule has 0 saturated heterocycles. The van der Waals surface area contributed by atoms with Crippen LogP contribution in [0.25, 0.3) is 11.3 Å². The van der Waals surface area contributed by atoms with E-state index in [2.05, 4.69) is 10.3 Å². The van der Waals surface area contributed by atoms with Crippen LogP contribution in [0.1, 0.15) is 13.8 Å². The maximum Gasteiger partial charge on any atom is 0.360 e. The van der Waals surface area contributed by atoms with E-state index in [-0.39, 0.29) is 17.8 Å². The molecule has 0 saturated carbocycles. The highest BCUT2D eigenvalue weighted by molar-refractivity contribution is 5.89. The Morgan fingerprint density at radius 1 is 1.33 bits per heavy atom. The molecule has 0 atom stereocenters. The zero-order valence-corrected chi connectivity index (χ0v) is 12.2. The average Bonchev–Trinajstić information content (AvgIpc) is 2.49. The topological polar surface area (TPSA) is 75.4 Å². The van der Waals surface area contributed by atoms with Crippen molar-refractivity contribution >= 4 is 11.7 Å². The van der Waals surface area contributed by atoms with Gasteiger partial charge in [-0.2, -0.15) is 0 Å². The maximum absolute atomic E-state index is 11.9. The Hall–Kier alpha value is -2.63. The summed E-state index contributed by atoms with van der Waals surface area (Å²) in [5.41, 5.74) is 0.216. The number of urea groups is 1. The molecule has 0 aliphatic rings. The van der Waals surface area contributed by atoms with Gasteiger partial charge >= 0.3 is 11.7 Å². The first kappa shape index (κ1) is 14.8. The van der Waals surface area contributed by atoms with Crippen LogP contribution in [-0.4, -0.2) is 29.0 Å². The molecule has 2 rings (SSSR count). The number of carbonyl (C=O) groups excluding carboxylic acids is 1. The Kier molecular flexibility index (Phi) is 4.37. The van der Waals surface area contributed by atoms with Gasteiger partial charge in [0.25, 0.3) is 0 Å². The minimum Gasteiger partial charge on any atom is -0.421 e. The minimum atomic E-state index is -0.596. The lowest BCUT2D eigenvalue weighted by atomic mass is 10.2. The number of nitrogens with zero attached hydrogens (tertiary/aromatic N) is 2. The largest absolute Gasteiger partial charge is 0.421 e. The van der Waals surface area contributed by atoms with E-state index >= 15 is 0 Å². The number of anilines is 1. The molecule has 0 bridgehead atoms. The van der Waals surface area contributed by atoms with Gasteiger partial charge in [0.2, 0.25) is 0 Å². The summed E-state index contributed by atoms with van der Waals surface area (Å²) in [4.78, 5) is 29.3. The highest BCUT2D eigenvalue weighted by Gasteiger charge is 2.14. The number of aromatic nitrogens is 1. The molecule has 2 aromatic rings. The van der Waals surface area contributed by atoms with E-state index in [1.807, 2.05) is 13.8 Å². The fourth-order valence-electron chi connectivity index (χ4n) is 1.61. The van der Waals surface area contributed by atoms with E-state index < -0.39 is 5.63 Å². The molecule has 0 radical (unpaired) electrons. The normalized spacial score (nSPS) is 10.5. The predicted molar refractivity (Wildman–Crippen MR) is 80.1 cm³/mol. The fraction of sp³-hybridized carbons (Fsp3) is 0.267. The first-order valence-electron chi connectivity index (χ1n) is 6.57. The second-order valence-electron chi connectivity index (χ2n) is 4.88. The number of rotatable bonds is 3. The number of nitrogens with one attached hydrogen (secondary N) is 1. The van der Waals surface area contributed by atoms with E-state index in [1.54, 1.807) is 37.6 Å². The van der Waals surface area contributed by atoms with Crippen molar-refractivity contribution in [1.82, 2.24) is 9.88 Å². The van der Waals surface area contributed by atoms with Gasteiger partial charge < -0.3 is 14.6 Å². The van der Waals surface area contributed by atoms with Crippen molar-refractivity contribution in [1.29, 1.82) is 0 Å². The van der Waals surface area contributed by atoms with Crippen LogP contribution in [0.4, 0.5) is 10.5 Å². The minimum absolute atomic E-state index is 0.0340. The second kappa shape index (κ2) is 6.21.